The highest BCUT2D eigenvalue weighted by atomic mass is 16.7. The minimum atomic E-state index is -0.685. The molecule has 6 heteroatoms. The summed E-state index contributed by atoms with van der Waals surface area (Å²) in [5.74, 6) is -0.715. The molecule has 0 spiro atoms. The van der Waals surface area contributed by atoms with Gasteiger partial charge in [-0.25, -0.2) is 4.79 Å². The molecule has 6 nitrogen and oxygen atoms in total. The number of nitrogens with zero attached hydrogens (tertiary/aromatic N) is 1. The molecule has 0 radical (unpaired) electrons. The summed E-state index contributed by atoms with van der Waals surface area (Å²) in [7, 11) is 0. The summed E-state index contributed by atoms with van der Waals surface area (Å²) in [6, 6.07) is 30.3. The minimum Gasteiger partial charge on any atom is -0.482 e. The summed E-state index contributed by atoms with van der Waals surface area (Å²) in [5.41, 5.74) is 5.88. The Morgan fingerprint density at radius 1 is 0.824 bits per heavy atom. The fourth-order valence-electron chi connectivity index (χ4n) is 3.62. The van der Waals surface area contributed by atoms with Crippen LogP contribution >= 0.6 is 0 Å². The minimum absolute atomic E-state index is 0.0307. The monoisotopic (exact) mass is 454 g/mol. The van der Waals surface area contributed by atoms with E-state index in [4.69, 9.17) is 9.57 Å². The van der Waals surface area contributed by atoms with Crippen molar-refractivity contribution in [1.29, 1.82) is 0 Å². The smallest absolute Gasteiger partial charge is 0.377 e. The van der Waals surface area contributed by atoms with Crippen LogP contribution in [-0.2, 0) is 24.5 Å². The molecule has 172 valence electrons. The lowest BCUT2D eigenvalue weighted by Gasteiger charge is -2.19. The van der Waals surface area contributed by atoms with E-state index in [1.807, 2.05) is 91.0 Å². The molecule has 0 aliphatic carbocycles. The van der Waals surface area contributed by atoms with Crippen molar-refractivity contribution in [3.63, 3.8) is 0 Å². The summed E-state index contributed by atoms with van der Waals surface area (Å²) in [4.78, 5) is 31.6. The van der Waals surface area contributed by atoms with E-state index in [2.05, 4.69) is 5.48 Å². The van der Waals surface area contributed by atoms with Gasteiger partial charge in [-0.2, -0.15) is 0 Å². The summed E-state index contributed by atoms with van der Waals surface area (Å²) in [6.45, 7) is 2.67. The van der Waals surface area contributed by atoms with Crippen molar-refractivity contribution in [2.45, 2.75) is 26.6 Å². The normalized spacial score (nSPS) is 10.6. The molecule has 0 aliphatic rings. The Hall–Kier alpha value is -4.16. The van der Waals surface area contributed by atoms with Gasteiger partial charge in [-0.3, -0.25) is 4.79 Å². The van der Waals surface area contributed by atoms with E-state index in [0.717, 1.165) is 16.7 Å². The van der Waals surface area contributed by atoms with Gasteiger partial charge in [0.15, 0.2) is 11.4 Å². The highest BCUT2D eigenvalue weighted by Crippen LogP contribution is 2.20. The Morgan fingerprint density at radius 2 is 1.38 bits per heavy atom. The third-order valence-corrected chi connectivity index (χ3v) is 5.36. The zero-order valence-corrected chi connectivity index (χ0v) is 18.9. The number of hydroxylamine groups is 1. The lowest BCUT2D eigenvalue weighted by Crippen LogP contribution is -2.28. The van der Waals surface area contributed by atoms with Gasteiger partial charge in [-0.05, 0) is 23.6 Å². The van der Waals surface area contributed by atoms with Gasteiger partial charge in [-0.15, -0.1) is 5.48 Å². The second kappa shape index (κ2) is 11.1. The highest BCUT2D eigenvalue weighted by molar-refractivity contribution is 5.90. The van der Waals surface area contributed by atoms with Crippen molar-refractivity contribution in [3.05, 3.63) is 135 Å². The van der Waals surface area contributed by atoms with Gasteiger partial charge < -0.3 is 14.1 Å². The molecule has 1 aromatic heterocycles. The number of pyridine rings is 1. The van der Waals surface area contributed by atoms with Crippen molar-refractivity contribution >= 4 is 5.97 Å². The first-order chi connectivity index (χ1) is 16.6. The molecule has 0 saturated carbocycles. The summed E-state index contributed by atoms with van der Waals surface area (Å²) in [6.07, 6.45) is 0. The number of ether oxygens (including phenoxy) is 1. The molecule has 0 bridgehead atoms. The van der Waals surface area contributed by atoms with Crippen LogP contribution in [-0.4, -0.2) is 10.5 Å². The molecule has 4 rings (SSSR count). The van der Waals surface area contributed by atoms with Crippen molar-refractivity contribution in [1.82, 2.24) is 10.0 Å². The van der Waals surface area contributed by atoms with Crippen LogP contribution in [0.2, 0.25) is 0 Å². The molecular formula is C28H26N2O4. The van der Waals surface area contributed by atoms with Crippen LogP contribution in [0.5, 0.6) is 5.75 Å². The molecule has 0 atom stereocenters. The van der Waals surface area contributed by atoms with E-state index in [1.165, 1.54) is 6.07 Å². The lowest BCUT2D eigenvalue weighted by atomic mass is 10.2. The molecule has 0 unspecified atom stereocenters. The van der Waals surface area contributed by atoms with Crippen molar-refractivity contribution in [2.75, 3.05) is 0 Å². The first-order valence-corrected chi connectivity index (χ1v) is 11.0. The van der Waals surface area contributed by atoms with E-state index in [9.17, 15) is 9.59 Å². The number of benzene rings is 3. The van der Waals surface area contributed by atoms with E-state index in [-0.39, 0.29) is 23.5 Å². The Bertz CT molecular complexity index is 1290. The van der Waals surface area contributed by atoms with Gasteiger partial charge in [0.25, 0.3) is 0 Å². The maximum Gasteiger partial charge on any atom is 0.377 e. The highest BCUT2D eigenvalue weighted by Gasteiger charge is 2.24. The van der Waals surface area contributed by atoms with E-state index in [0.29, 0.717) is 18.8 Å². The van der Waals surface area contributed by atoms with Crippen molar-refractivity contribution in [2.24, 2.45) is 0 Å². The largest absolute Gasteiger partial charge is 0.482 e. The first-order valence-electron chi connectivity index (χ1n) is 11.0. The van der Waals surface area contributed by atoms with Gasteiger partial charge in [0, 0.05) is 18.3 Å². The fraction of sp³-hybridized carbons (Fsp3) is 0.143. The van der Waals surface area contributed by atoms with E-state index < -0.39 is 5.97 Å². The van der Waals surface area contributed by atoms with Gasteiger partial charge in [0.2, 0.25) is 5.43 Å². The number of hydrogen-bond donors (Lipinski definition) is 1. The van der Waals surface area contributed by atoms with Crippen molar-refractivity contribution in [3.8, 4) is 5.75 Å². The Kier molecular flexibility index (Phi) is 7.53. The third kappa shape index (κ3) is 5.79. The Balaban J connectivity index is 1.65. The van der Waals surface area contributed by atoms with Crippen LogP contribution in [0.3, 0.4) is 0 Å². The number of rotatable bonds is 9. The quantitative estimate of drug-likeness (QED) is 0.373. The van der Waals surface area contributed by atoms with E-state index >= 15 is 0 Å². The van der Waals surface area contributed by atoms with Crippen LogP contribution in [0.4, 0.5) is 0 Å². The summed E-state index contributed by atoms with van der Waals surface area (Å²) >= 11 is 0. The number of carbonyl (C=O) groups excluding carboxylic acids is 1. The summed E-state index contributed by atoms with van der Waals surface area (Å²) in [5, 5.41) is 0. The molecule has 34 heavy (non-hydrogen) atoms. The van der Waals surface area contributed by atoms with Crippen LogP contribution < -0.4 is 15.6 Å². The maximum atomic E-state index is 13.3. The van der Waals surface area contributed by atoms with Gasteiger partial charge in [-0.1, -0.05) is 91.0 Å². The Labute approximate surface area is 198 Å². The topological polar surface area (TPSA) is 69.6 Å². The standard InChI is InChI=1S/C28H26N2O4/c1-21-17-25(31)27(33-20-24-15-9-4-10-16-24)26(30(21)19-23-13-7-3-8-14-23)28(32)34-29-18-22-11-5-2-6-12-22/h2-17,29H,18-20H2,1H3. The number of aryl methyl sites for hydroxylation is 1. The predicted octanol–water partition coefficient (Wildman–Crippen LogP) is 4.65. The van der Waals surface area contributed by atoms with Crippen LogP contribution in [0, 0.1) is 6.92 Å². The molecule has 0 saturated heterocycles. The number of hydrogen-bond acceptors (Lipinski definition) is 5. The zero-order valence-electron chi connectivity index (χ0n) is 18.9. The average Bonchev–Trinajstić information content (AvgIpc) is 2.86. The van der Waals surface area contributed by atoms with Crippen LogP contribution in [0.25, 0.3) is 0 Å². The van der Waals surface area contributed by atoms with Crippen LogP contribution in [0.15, 0.2) is 102 Å². The van der Waals surface area contributed by atoms with Crippen molar-refractivity contribution < 1.29 is 14.4 Å². The summed E-state index contributed by atoms with van der Waals surface area (Å²) < 4.78 is 7.66. The van der Waals surface area contributed by atoms with Gasteiger partial charge in [0.05, 0.1) is 6.54 Å². The third-order valence-electron chi connectivity index (χ3n) is 5.36. The molecule has 3 aromatic carbocycles. The number of aromatic nitrogens is 1. The molecule has 1 N–H and O–H groups in total. The Morgan fingerprint density at radius 3 is 2.00 bits per heavy atom. The maximum absolute atomic E-state index is 13.3. The fourth-order valence-corrected chi connectivity index (χ4v) is 3.62. The van der Waals surface area contributed by atoms with Gasteiger partial charge in [0.1, 0.15) is 6.61 Å². The van der Waals surface area contributed by atoms with E-state index in [1.54, 1.807) is 11.5 Å². The number of nitrogens with one attached hydrogen (secondary N) is 1. The SMILES string of the molecule is Cc1cc(=O)c(OCc2ccccc2)c(C(=O)ONCc2ccccc2)n1Cc1ccccc1. The molecule has 0 fully saturated rings. The van der Waals surface area contributed by atoms with Crippen LogP contribution in [0.1, 0.15) is 32.9 Å². The second-order valence-corrected chi connectivity index (χ2v) is 7.87. The molecule has 4 aromatic rings. The zero-order chi connectivity index (χ0) is 23.8. The lowest BCUT2D eigenvalue weighted by molar-refractivity contribution is 0.0218. The molecule has 0 amide bonds. The van der Waals surface area contributed by atoms with Gasteiger partial charge >= 0.3 is 5.97 Å². The molecule has 0 aliphatic heterocycles. The molecule has 1 heterocycles. The molecular weight excluding hydrogens is 428 g/mol. The average molecular weight is 455 g/mol. The predicted molar refractivity (Wildman–Crippen MR) is 130 cm³/mol. The first kappa shape index (κ1) is 23.0. The second-order valence-electron chi connectivity index (χ2n) is 7.87. The number of carbonyl (C=O) groups is 1.